The minimum atomic E-state index is -3.79. The van der Waals surface area contributed by atoms with Gasteiger partial charge in [-0.3, -0.25) is 4.79 Å². The first kappa shape index (κ1) is 10.5. The van der Waals surface area contributed by atoms with Crippen LogP contribution in [-0.2, 0) is 4.79 Å². The van der Waals surface area contributed by atoms with Gasteiger partial charge in [-0.05, 0) is 35.5 Å². The predicted octanol–water partition coefficient (Wildman–Crippen LogP) is 3.14. The molecular weight excluding hydrogens is 218 g/mol. The average molecular weight is 223 g/mol. The molecule has 0 aliphatic heterocycles. The summed E-state index contributed by atoms with van der Waals surface area (Å²) in [6.45, 7) is 0. The summed E-state index contributed by atoms with van der Waals surface area (Å²) < 4.78 is 24.4. The molecule has 70 valence electrons. The number of halogens is 3. The standard InChI is InChI=1S/C8H5ClF2OS/c9-8(10,11)7(12)13-6-4-2-1-3-5-6/h1-5H. The first-order valence-electron chi connectivity index (χ1n) is 3.34. The Kier molecular flexibility index (Phi) is 3.27. The second-order valence-electron chi connectivity index (χ2n) is 2.20. The Bertz CT molecular complexity index is 297. The van der Waals surface area contributed by atoms with Gasteiger partial charge in [-0.1, -0.05) is 18.2 Å². The molecule has 0 spiro atoms. The molecule has 1 nitrogen and oxygen atoms in total. The van der Waals surface area contributed by atoms with Gasteiger partial charge >= 0.3 is 5.38 Å². The van der Waals surface area contributed by atoms with Crippen LogP contribution >= 0.6 is 23.4 Å². The zero-order valence-corrected chi connectivity index (χ0v) is 7.91. The molecule has 0 aliphatic rings. The fourth-order valence-electron chi connectivity index (χ4n) is 0.653. The molecular formula is C8H5ClF2OS. The maximum atomic E-state index is 12.2. The molecule has 1 aromatic rings. The summed E-state index contributed by atoms with van der Waals surface area (Å²) in [5.41, 5.74) is 0. The Labute approximate surface area is 83.1 Å². The minimum absolute atomic E-state index is 0.430. The molecule has 0 radical (unpaired) electrons. The van der Waals surface area contributed by atoms with Crippen molar-refractivity contribution in [1.29, 1.82) is 0 Å². The number of carbonyl (C=O) groups is 1. The monoisotopic (exact) mass is 222 g/mol. The number of thioether (sulfide) groups is 1. The first-order chi connectivity index (χ1) is 6.00. The Hall–Kier alpha value is -0.610. The number of alkyl halides is 3. The Morgan fingerprint density at radius 3 is 2.31 bits per heavy atom. The third-order valence-electron chi connectivity index (χ3n) is 1.19. The van der Waals surface area contributed by atoms with E-state index in [1.807, 2.05) is 0 Å². The van der Waals surface area contributed by atoms with E-state index in [9.17, 15) is 13.6 Å². The van der Waals surface area contributed by atoms with E-state index < -0.39 is 10.5 Å². The fraction of sp³-hybridized carbons (Fsp3) is 0.125. The molecule has 0 heterocycles. The zero-order chi connectivity index (χ0) is 9.90. The average Bonchev–Trinajstić information content (AvgIpc) is 2.04. The topological polar surface area (TPSA) is 17.1 Å². The molecule has 0 atom stereocenters. The third kappa shape index (κ3) is 3.32. The predicted molar refractivity (Wildman–Crippen MR) is 48.1 cm³/mol. The van der Waals surface area contributed by atoms with Crippen LogP contribution in [0.3, 0.4) is 0 Å². The van der Waals surface area contributed by atoms with Gasteiger partial charge in [0.2, 0.25) is 0 Å². The quantitative estimate of drug-likeness (QED) is 0.565. The fourth-order valence-corrected chi connectivity index (χ4v) is 1.39. The van der Waals surface area contributed by atoms with Crippen LogP contribution in [0.1, 0.15) is 0 Å². The van der Waals surface area contributed by atoms with E-state index in [4.69, 9.17) is 0 Å². The maximum Gasteiger partial charge on any atom is 0.390 e. The zero-order valence-electron chi connectivity index (χ0n) is 6.34. The molecule has 1 aromatic carbocycles. The van der Waals surface area contributed by atoms with Crippen LogP contribution in [0, 0.1) is 0 Å². The molecule has 1 rings (SSSR count). The van der Waals surface area contributed by atoms with E-state index in [2.05, 4.69) is 11.6 Å². The Morgan fingerprint density at radius 1 is 1.31 bits per heavy atom. The normalized spacial score (nSPS) is 11.3. The van der Waals surface area contributed by atoms with Crippen LogP contribution in [0.2, 0.25) is 0 Å². The highest BCUT2D eigenvalue weighted by atomic mass is 35.5. The van der Waals surface area contributed by atoms with Gasteiger partial charge in [-0.25, -0.2) is 0 Å². The van der Waals surface area contributed by atoms with Crippen molar-refractivity contribution in [3.8, 4) is 0 Å². The molecule has 13 heavy (non-hydrogen) atoms. The van der Waals surface area contributed by atoms with E-state index in [1.54, 1.807) is 30.3 Å². The first-order valence-corrected chi connectivity index (χ1v) is 4.53. The van der Waals surface area contributed by atoms with Crippen LogP contribution in [0.4, 0.5) is 8.78 Å². The van der Waals surface area contributed by atoms with Gasteiger partial charge < -0.3 is 0 Å². The number of hydrogen-bond acceptors (Lipinski definition) is 2. The second kappa shape index (κ2) is 4.07. The summed E-state index contributed by atoms with van der Waals surface area (Å²) >= 11 is 4.96. The highest BCUT2D eigenvalue weighted by molar-refractivity contribution is 8.14. The molecule has 0 aromatic heterocycles. The van der Waals surface area contributed by atoms with Crippen molar-refractivity contribution in [2.75, 3.05) is 0 Å². The molecule has 0 fully saturated rings. The van der Waals surface area contributed by atoms with Crippen molar-refractivity contribution >= 4 is 28.5 Å². The number of hydrogen-bond donors (Lipinski definition) is 0. The van der Waals surface area contributed by atoms with E-state index in [1.165, 1.54) is 0 Å². The van der Waals surface area contributed by atoms with Gasteiger partial charge in [-0.2, -0.15) is 8.78 Å². The minimum Gasteiger partial charge on any atom is -0.278 e. The van der Waals surface area contributed by atoms with Crippen LogP contribution in [0.5, 0.6) is 0 Å². The lowest BCUT2D eigenvalue weighted by Gasteiger charge is -2.04. The highest BCUT2D eigenvalue weighted by Crippen LogP contribution is 2.30. The van der Waals surface area contributed by atoms with E-state index in [0.717, 1.165) is 0 Å². The van der Waals surface area contributed by atoms with Crippen molar-refractivity contribution in [3.63, 3.8) is 0 Å². The number of carbonyl (C=O) groups excluding carboxylic acids is 1. The summed E-state index contributed by atoms with van der Waals surface area (Å²) in [6.07, 6.45) is 0. The Balaban J connectivity index is 2.66. The SMILES string of the molecule is O=C(Sc1ccccc1)C(F)(F)Cl. The summed E-state index contributed by atoms with van der Waals surface area (Å²) in [5, 5.41) is -5.15. The third-order valence-corrected chi connectivity index (χ3v) is 2.42. The van der Waals surface area contributed by atoms with Gasteiger partial charge in [0, 0.05) is 4.90 Å². The summed E-state index contributed by atoms with van der Waals surface area (Å²) in [4.78, 5) is 11.2. The Morgan fingerprint density at radius 2 is 1.85 bits per heavy atom. The molecule has 5 heteroatoms. The van der Waals surface area contributed by atoms with Gasteiger partial charge in [0.05, 0.1) is 0 Å². The molecule has 0 N–H and O–H groups in total. The summed E-state index contributed by atoms with van der Waals surface area (Å²) in [7, 11) is 0. The summed E-state index contributed by atoms with van der Waals surface area (Å²) in [5.74, 6) is 0. The largest absolute Gasteiger partial charge is 0.390 e. The lowest BCUT2D eigenvalue weighted by Crippen LogP contribution is -2.17. The smallest absolute Gasteiger partial charge is 0.278 e. The molecule has 0 saturated carbocycles. The maximum absolute atomic E-state index is 12.2. The van der Waals surface area contributed by atoms with E-state index in [-0.39, 0.29) is 0 Å². The van der Waals surface area contributed by atoms with Gasteiger partial charge in [-0.15, -0.1) is 0 Å². The summed E-state index contributed by atoms with van der Waals surface area (Å²) in [6, 6.07) is 8.16. The van der Waals surface area contributed by atoms with E-state index >= 15 is 0 Å². The lowest BCUT2D eigenvalue weighted by molar-refractivity contribution is -0.123. The molecule has 0 unspecified atom stereocenters. The van der Waals surface area contributed by atoms with Crippen molar-refractivity contribution in [1.82, 2.24) is 0 Å². The van der Waals surface area contributed by atoms with Crippen LogP contribution in [-0.4, -0.2) is 10.5 Å². The highest BCUT2D eigenvalue weighted by Gasteiger charge is 2.36. The molecule has 0 amide bonds. The molecule has 0 saturated heterocycles. The van der Waals surface area contributed by atoms with Gasteiger partial charge in [0.1, 0.15) is 0 Å². The number of rotatable bonds is 2. The van der Waals surface area contributed by atoms with Gasteiger partial charge in [0.25, 0.3) is 5.12 Å². The second-order valence-corrected chi connectivity index (χ2v) is 3.72. The molecule has 0 aliphatic carbocycles. The van der Waals surface area contributed by atoms with Crippen molar-refractivity contribution in [3.05, 3.63) is 30.3 Å². The number of benzene rings is 1. The van der Waals surface area contributed by atoms with Crippen LogP contribution < -0.4 is 0 Å². The lowest BCUT2D eigenvalue weighted by atomic mass is 10.4. The van der Waals surface area contributed by atoms with E-state index in [0.29, 0.717) is 16.7 Å². The van der Waals surface area contributed by atoms with Crippen LogP contribution in [0.15, 0.2) is 35.2 Å². The molecule has 0 bridgehead atoms. The van der Waals surface area contributed by atoms with Crippen molar-refractivity contribution in [2.45, 2.75) is 10.3 Å². The van der Waals surface area contributed by atoms with Gasteiger partial charge in [0.15, 0.2) is 0 Å². The van der Waals surface area contributed by atoms with Crippen LogP contribution in [0.25, 0.3) is 0 Å². The van der Waals surface area contributed by atoms with Crippen molar-refractivity contribution < 1.29 is 13.6 Å². The van der Waals surface area contributed by atoms with Crippen molar-refractivity contribution in [2.24, 2.45) is 0 Å².